The average molecular weight is 651 g/mol. The quantitative estimate of drug-likeness (QED) is 0.193. The first-order chi connectivity index (χ1) is 21.0. The Bertz CT molecular complexity index is 1270. The number of halogens is 2. The van der Waals surface area contributed by atoms with Crippen LogP contribution in [0.2, 0.25) is 10.0 Å². The van der Waals surface area contributed by atoms with Crippen molar-refractivity contribution in [1.82, 2.24) is 15.5 Å². The van der Waals surface area contributed by atoms with E-state index in [4.69, 9.17) is 32.7 Å². The van der Waals surface area contributed by atoms with Crippen LogP contribution in [0, 0.1) is 5.92 Å². The summed E-state index contributed by atoms with van der Waals surface area (Å²) in [5.41, 5.74) is -0.825. The van der Waals surface area contributed by atoms with Crippen molar-refractivity contribution in [1.29, 1.82) is 0 Å². The Morgan fingerprint density at radius 1 is 1.02 bits per heavy atom. The molecule has 2 atom stereocenters. The van der Waals surface area contributed by atoms with E-state index < -0.39 is 36.2 Å². The Labute approximate surface area is 268 Å². The average Bonchev–Trinajstić information content (AvgIpc) is 3.02. The minimum Gasteiger partial charge on any atom is -0.465 e. The molecule has 0 aromatic heterocycles. The number of amides is 3. The summed E-state index contributed by atoms with van der Waals surface area (Å²) in [4.78, 5) is 53.2. The summed E-state index contributed by atoms with van der Waals surface area (Å²) in [5.74, 6) is -2.08. The zero-order valence-corrected chi connectivity index (χ0v) is 26.7. The molecular weight excluding hydrogens is 609 g/mol. The van der Waals surface area contributed by atoms with Crippen molar-refractivity contribution < 1.29 is 33.8 Å². The van der Waals surface area contributed by atoms with Gasteiger partial charge in [-0.2, -0.15) is 0 Å². The molecule has 0 heterocycles. The van der Waals surface area contributed by atoms with E-state index in [-0.39, 0.29) is 24.9 Å². The van der Waals surface area contributed by atoms with E-state index in [2.05, 4.69) is 10.6 Å². The molecule has 12 heteroatoms. The maximum absolute atomic E-state index is 13.5. The van der Waals surface area contributed by atoms with E-state index in [1.54, 1.807) is 43.4 Å². The van der Waals surface area contributed by atoms with Crippen LogP contribution in [0.1, 0.15) is 62.5 Å². The smallest absolute Gasteiger partial charge is 0.408 e. The molecule has 0 bridgehead atoms. The number of likely N-dealkylation sites (N-methyl/N-ethyl adjacent to an activating group) is 1. The lowest BCUT2D eigenvalue weighted by Crippen LogP contribution is -2.60. The number of benzene rings is 2. The number of hydrogen-bond donors (Lipinski definition) is 3. The third-order valence-electron chi connectivity index (χ3n) is 7.79. The third-order valence-corrected chi connectivity index (χ3v) is 8.28. The summed E-state index contributed by atoms with van der Waals surface area (Å²) in [6.45, 7) is 0.331. The summed E-state index contributed by atoms with van der Waals surface area (Å²) in [6, 6.07) is 13.0. The fourth-order valence-corrected chi connectivity index (χ4v) is 5.51. The Kier molecular flexibility index (Phi) is 13.8. The van der Waals surface area contributed by atoms with Crippen molar-refractivity contribution >= 4 is 47.1 Å². The van der Waals surface area contributed by atoms with Gasteiger partial charge in [-0.1, -0.05) is 79.6 Å². The Morgan fingerprint density at radius 3 is 2.39 bits per heavy atom. The first-order valence-corrected chi connectivity index (χ1v) is 15.5. The molecule has 3 rings (SSSR count). The number of aliphatic hydroxyl groups is 1. The SMILES string of the molecule is COC(=O)C(O)(CCC(=O)N(C)CCc1ccc(Cl)cc1)NC(=O)[C@H](CC1CCCCC1)NC(=O)OCc1cccc(Cl)c1. The highest BCUT2D eigenvalue weighted by Gasteiger charge is 2.41. The summed E-state index contributed by atoms with van der Waals surface area (Å²) in [7, 11) is 2.69. The van der Waals surface area contributed by atoms with Crippen molar-refractivity contribution in [2.45, 2.75) is 76.2 Å². The first kappa shape index (κ1) is 35.1. The van der Waals surface area contributed by atoms with Gasteiger partial charge in [0, 0.05) is 36.5 Å². The van der Waals surface area contributed by atoms with E-state index in [1.807, 2.05) is 12.1 Å². The molecule has 1 fully saturated rings. The minimum absolute atomic E-state index is 0.0656. The second-order valence-electron chi connectivity index (χ2n) is 11.2. The van der Waals surface area contributed by atoms with Gasteiger partial charge >= 0.3 is 12.1 Å². The highest BCUT2D eigenvalue weighted by atomic mass is 35.5. The maximum Gasteiger partial charge on any atom is 0.408 e. The largest absolute Gasteiger partial charge is 0.465 e. The predicted octanol–water partition coefficient (Wildman–Crippen LogP) is 5.02. The molecule has 0 radical (unpaired) electrons. The van der Waals surface area contributed by atoms with E-state index in [1.165, 1.54) is 4.90 Å². The molecule has 2 aromatic carbocycles. The molecule has 0 saturated heterocycles. The number of carbonyl (C=O) groups excluding carboxylic acids is 4. The van der Waals surface area contributed by atoms with Crippen LogP contribution in [0.4, 0.5) is 4.79 Å². The standard InChI is InChI=1S/C32H41Cl2N3O7/c1-37(18-16-22-11-13-25(33)14-12-22)28(38)15-17-32(42,30(40)43-2)36-29(39)27(20-23-7-4-3-5-8-23)35-31(41)44-21-24-9-6-10-26(34)19-24/h6,9-14,19,23,27,42H,3-5,7-8,15-18,20-21H2,1-2H3,(H,35,41)(H,36,39)/t27-,32?/m0/s1. The van der Waals surface area contributed by atoms with Crippen molar-refractivity contribution in [3.8, 4) is 0 Å². The summed E-state index contributed by atoms with van der Waals surface area (Å²) < 4.78 is 10.1. The van der Waals surface area contributed by atoms with Gasteiger partial charge in [-0.15, -0.1) is 0 Å². The van der Waals surface area contributed by atoms with E-state index in [9.17, 15) is 24.3 Å². The monoisotopic (exact) mass is 649 g/mol. The van der Waals surface area contributed by atoms with Gasteiger partial charge in [0.25, 0.3) is 0 Å². The van der Waals surface area contributed by atoms with E-state index >= 15 is 0 Å². The Balaban J connectivity index is 1.63. The molecule has 0 aliphatic heterocycles. The van der Waals surface area contributed by atoms with E-state index in [0.29, 0.717) is 35.0 Å². The fourth-order valence-electron chi connectivity index (χ4n) is 5.17. The number of carbonyl (C=O) groups is 4. The number of nitrogens with one attached hydrogen (secondary N) is 2. The molecule has 3 N–H and O–H groups in total. The molecule has 10 nitrogen and oxygen atoms in total. The van der Waals surface area contributed by atoms with Gasteiger partial charge in [0.15, 0.2) is 0 Å². The topological polar surface area (TPSA) is 134 Å². The van der Waals surface area contributed by atoms with Crippen LogP contribution in [0.25, 0.3) is 0 Å². The Hall–Kier alpha value is -3.34. The lowest BCUT2D eigenvalue weighted by Gasteiger charge is -2.31. The van der Waals surface area contributed by atoms with Crippen LogP contribution in [0.5, 0.6) is 0 Å². The third kappa shape index (κ3) is 11.3. The van der Waals surface area contributed by atoms with Crippen molar-refractivity contribution in [2.24, 2.45) is 5.92 Å². The van der Waals surface area contributed by atoms with E-state index in [0.717, 1.165) is 44.8 Å². The van der Waals surface area contributed by atoms with Crippen molar-refractivity contribution in [3.05, 3.63) is 69.7 Å². The van der Waals surface area contributed by atoms with Gasteiger partial charge in [-0.3, -0.25) is 9.59 Å². The first-order valence-electron chi connectivity index (χ1n) is 14.8. The second-order valence-corrected chi connectivity index (χ2v) is 12.0. The highest BCUT2D eigenvalue weighted by molar-refractivity contribution is 6.30. The lowest BCUT2D eigenvalue weighted by molar-refractivity contribution is -0.171. The second kappa shape index (κ2) is 17.2. The van der Waals surface area contributed by atoms with Gasteiger partial charge in [0.2, 0.25) is 17.5 Å². The van der Waals surface area contributed by atoms with Crippen molar-refractivity contribution in [3.63, 3.8) is 0 Å². The number of nitrogens with zero attached hydrogens (tertiary/aromatic N) is 1. The van der Waals surface area contributed by atoms with Gasteiger partial charge in [0.1, 0.15) is 12.6 Å². The number of esters is 1. The number of rotatable bonds is 14. The lowest BCUT2D eigenvalue weighted by atomic mass is 9.84. The van der Waals surface area contributed by atoms with Crippen LogP contribution in [0.3, 0.4) is 0 Å². The molecule has 3 amide bonds. The molecule has 240 valence electrons. The molecule has 44 heavy (non-hydrogen) atoms. The summed E-state index contributed by atoms with van der Waals surface area (Å²) >= 11 is 11.9. The number of methoxy groups -OCH3 is 1. The van der Waals surface area contributed by atoms with Crippen LogP contribution < -0.4 is 10.6 Å². The molecule has 1 aliphatic rings. The van der Waals surface area contributed by atoms with Gasteiger partial charge in [-0.05, 0) is 54.2 Å². The van der Waals surface area contributed by atoms with Crippen LogP contribution in [-0.4, -0.2) is 66.4 Å². The van der Waals surface area contributed by atoms with Crippen LogP contribution >= 0.6 is 23.2 Å². The molecule has 1 saturated carbocycles. The molecule has 0 spiro atoms. The number of alkyl carbamates (subject to hydrolysis) is 1. The summed E-state index contributed by atoms with van der Waals surface area (Å²) in [6.07, 6.45) is 4.28. The Morgan fingerprint density at radius 2 is 1.73 bits per heavy atom. The normalized spacial score (nSPS) is 15.4. The molecule has 1 unspecified atom stereocenters. The predicted molar refractivity (Wildman–Crippen MR) is 167 cm³/mol. The fraction of sp³-hybridized carbons (Fsp3) is 0.500. The zero-order valence-electron chi connectivity index (χ0n) is 25.2. The number of ether oxygens (including phenoxy) is 2. The van der Waals surface area contributed by atoms with Crippen LogP contribution in [0.15, 0.2) is 48.5 Å². The summed E-state index contributed by atoms with van der Waals surface area (Å²) in [5, 5.41) is 17.3. The molecule has 2 aromatic rings. The van der Waals surface area contributed by atoms with Crippen molar-refractivity contribution in [2.75, 3.05) is 20.7 Å². The maximum atomic E-state index is 13.5. The van der Waals surface area contributed by atoms with Gasteiger partial charge < -0.3 is 30.1 Å². The highest BCUT2D eigenvalue weighted by Crippen LogP contribution is 2.28. The van der Waals surface area contributed by atoms with Crippen LogP contribution in [-0.2, 0) is 36.9 Å². The molecular formula is C32H41Cl2N3O7. The minimum atomic E-state index is -2.49. The molecule has 1 aliphatic carbocycles. The van der Waals surface area contributed by atoms with Gasteiger partial charge in [-0.25, -0.2) is 9.59 Å². The number of hydrogen-bond acceptors (Lipinski definition) is 7. The zero-order chi connectivity index (χ0) is 32.1. The van der Waals surface area contributed by atoms with Gasteiger partial charge in [0.05, 0.1) is 7.11 Å².